The van der Waals surface area contributed by atoms with Crippen molar-refractivity contribution in [2.45, 2.75) is 60.8 Å². The Hall–Kier alpha value is -0.211. The molecule has 0 amide bonds. The molecular weight excluding hydrogens is 343 g/mol. The predicted molar refractivity (Wildman–Crippen MR) is 82.8 cm³/mol. The molecule has 1 atom stereocenters. The number of hydrogen-bond donors (Lipinski definition) is 0. The van der Waals surface area contributed by atoms with E-state index < -0.39 is 18.4 Å². The van der Waals surface area contributed by atoms with Crippen LogP contribution in [0.1, 0.15) is 46.0 Å². The minimum absolute atomic E-state index is 0.0759. The molecule has 0 N–H and O–H groups in total. The molecule has 0 heterocycles. The molecule has 19 heavy (non-hydrogen) atoms. The van der Waals surface area contributed by atoms with Crippen LogP contribution in [0.25, 0.3) is 0 Å². The third-order valence-electron chi connectivity index (χ3n) is 3.65. The first-order valence-corrected chi connectivity index (χ1v) is 17.5. The molecule has 2 nitrogen and oxygen atoms in total. The SMILES string of the molecule is CCOC(=O)C(C)[C](=C=C1CCCCC1)[Sn]([CH3])([CH3])[CH3]. The van der Waals surface area contributed by atoms with Gasteiger partial charge in [0.2, 0.25) is 0 Å². The summed E-state index contributed by atoms with van der Waals surface area (Å²) in [7, 11) is 0. The van der Waals surface area contributed by atoms with Gasteiger partial charge in [-0.1, -0.05) is 0 Å². The van der Waals surface area contributed by atoms with E-state index in [-0.39, 0.29) is 11.9 Å². The second kappa shape index (κ2) is 7.54. The minimum atomic E-state index is -2.31. The average Bonchev–Trinajstić information content (AvgIpc) is 2.35. The normalized spacial score (nSPS) is 17.6. The van der Waals surface area contributed by atoms with E-state index in [1.54, 1.807) is 0 Å². The summed E-state index contributed by atoms with van der Waals surface area (Å²) in [6.45, 7) is 4.33. The first-order chi connectivity index (χ1) is 8.86. The molecule has 0 spiro atoms. The molecule has 0 aliphatic heterocycles. The van der Waals surface area contributed by atoms with Crippen LogP contribution in [-0.4, -0.2) is 31.0 Å². The molecule has 0 radical (unpaired) electrons. The zero-order valence-corrected chi connectivity index (χ0v) is 16.0. The van der Waals surface area contributed by atoms with Gasteiger partial charge in [0.1, 0.15) is 0 Å². The van der Waals surface area contributed by atoms with Crippen LogP contribution in [0, 0.1) is 5.92 Å². The van der Waals surface area contributed by atoms with Crippen LogP contribution in [0.15, 0.2) is 14.9 Å². The van der Waals surface area contributed by atoms with E-state index in [9.17, 15) is 4.79 Å². The Morgan fingerprint density at radius 2 is 1.84 bits per heavy atom. The number of ether oxygens (including phenoxy) is 1. The summed E-state index contributed by atoms with van der Waals surface area (Å²) >= 11 is -2.31. The zero-order chi connectivity index (χ0) is 14.5. The summed E-state index contributed by atoms with van der Waals surface area (Å²) in [6.07, 6.45) is 6.24. The van der Waals surface area contributed by atoms with Gasteiger partial charge < -0.3 is 0 Å². The van der Waals surface area contributed by atoms with Gasteiger partial charge in [-0.25, -0.2) is 0 Å². The monoisotopic (exact) mass is 372 g/mol. The molecule has 1 unspecified atom stereocenters. The van der Waals surface area contributed by atoms with Gasteiger partial charge in [0.25, 0.3) is 0 Å². The second-order valence-corrected chi connectivity index (χ2v) is 20.8. The van der Waals surface area contributed by atoms with Gasteiger partial charge in [-0.3, -0.25) is 0 Å². The van der Waals surface area contributed by atoms with E-state index in [0.717, 1.165) is 0 Å². The fourth-order valence-electron chi connectivity index (χ4n) is 2.62. The summed E-state index contributed by atoms with van der Waals surface area (Å²) in [5.41, 5.74) is 5.10. The molecule has 1 aliphatic rings. The van der Waals surface area contributed by atoms with Crippen molar-refractivity contribution in [3.8, 4) is 0 Å². The summed E-state index contributed by atoms with van der Waals surface area (Å²) in [4.78, 5) is 19.1. The van der Waals surface area contributed by atoms with E-state index in [0.29, 0.717) is 6.61 Å². The van der Waals surface area contributed by atoms with Crippen LogP contribution in [0.4, 0.5) is 0 Å². The number of hydrogen-bond acceptors (Lipinski definition) is 2. The van der Waals surface area contributed by atoms with Gasteiger partial charge in [-0.05, 0) is 0 Å². The molecule has 0 saturated heterocycles. The number of rotatable bonds is 4. The zero-order valence-electron chi connectivity index (χ0n) is 13.1. The fraction of sp³-hybridized carbons (Fsp3) is 0.750. The first-order valence-electron chi connectivity index (χ1n) is 7.52. The molecule has 108 valence electrons. The molecule has 0 aromatic carbocycles. The van der Waals surface area contributed by atoms with Gasteiger partial charge in [-0.15, -0.1) is 0 Å². The quantitative estimate of drug-likeness (QED) is 0.414. The molecule has 1 saturated carbocycles. The van der Waals surface area contributed by atoms with Crippen molar-refractivity contribution in [1.82, 2.24) is 0 Å². The van der Waals surface area contributed by atoms with E-state index in [1.165, 1.54) is 41.3 Å². The van der Waals surface area contributed by atoms with Gasteiger partial charge in [0, 0.05) is 0 Å². The predicted octanol–water partition coefficient (Wildman–Crippen LogP) is 4.48. The van der Waals surface area contributed by atoms with Crippen molar-refractivity contribution in [2.24, 2.45) is 5.92 Å². The molecular formula is C16H28O2Sn. The Bertz CT molecular complexity index is 376. The second-order valence-electron chi connectivity index (χ2n) is 6.43. The van der Waals surface area contributed by atoms with Crippen LogP contribution in [-0.2, 0) is 9.53 Å². The summed E-state index contributed by atoms with van der Waals surface area (Å²) < 4.78 is 6.49. The van der Waals surface area contributed by atoms with Gasteiger partial charge in [-0.2, -0.15) is 0 Å². The Kier molecular flexibility index (Phi) is 6.68. The third kappa shape index (κ3) is 5.35. The Labute approximate surface area is 122 Å². The van der Waals surface area contributed by atoms with Crippen molar-refractivity contribution in [3.63, 3.8) is 0 Å². The first kappa shape index (κ1) is 16.8. The van der Waals surface area contributed by atoms with E-state index in [2.05, 4.69) is 20.6 Å². The maximum atomic E-state index is 12.0. The summed E-state index contributed by atoms with van der Waals surface area (Å²) in [5.74, 6) is -0.182. The van der Waals surface area contributed by atoms with E-state index in [4.69, 9.17) is 4.74 Å². The van der Waals surface area contributed by atoms with Crippen LogP contribution in [0.3, 0.4) is 0 Å². The summed E-state index contributed by atoms with van der Waals surface area (Å²) in [6, 6.07) is 0. The fourth-order valence-corrected chi connectivity index (χ4v) is 8.24. The molecule has 0 bridgehead atoms. The van der Waals surface area contributed by atoms with E-state index >= 15 is 0 Å². The van der Waals surface area contributed by atoms with Crippen molar-refractivity contribution in [1.29, 1.82) is 0 Å². The number of carbonyl (C=O) groups is 1. The van der Waals surface area contributed by atoms with Gasteiger partial charge >= 0.3 is 122 Å². The van der Waals surface area contributed by atoms with Crippen LogP contribution >= 0.6 is 0 Å². The molecule has 1 rings (SSSR count). The van der Waals surface area contributed by atoms with Crippen molar-refractivity contribution in [2.75, 3.05) is 6.61 Å². The Morgan fingerprint density at radius 1 is 1.26 bits per heavy atom. The molecule has 1 aliphatic carbocycles. The van der Waals surface area contributed by atoms with Gasteiger partial charge in [0.15, 0.2) is 0 Å². The van der Waals surface area contributed by atoms with Crippen LogP contribution in [0.2, 0.25) is 14.8 Å². The molecule has 1 fully saturated rings. The molecule has 0 aromatic heterocycles. The average molecular weight is 371 g/mol. The number of esters is 1. The standard InChI is InChI=1S/C13H19O2.3CH3.Sn/c1-3-15-13(14)11(2)9-10-12-7-5-4-6-8-12;;;;/h11H,3-8H2,1-2H3;3*1H3;. The third-order valence-corrected chi connectivity index (χ3v) is 9.85. The molecule has 3 heteroatoms. The number of carbonyl (C=O) groups excluding carboxylic acids is 1. The van der Waals surface area contributed by atoms with Crippen LogP contribution in [0.5, 0.6) is 0 Å². The van der Waals surface area contributed by atoms with Crippen molar-refractivity contribution < 1.29 is 9.53 Å². The molecule has 0 aromatic rings. The van der Waals surface area contributed by atoms with Gasteiger partial charge in [0.05, 0.1) is 0 Å². The topological polar surface area (TPSA) is 26.3 Å². The van der Waals surface area contributed by atoms with Crippen molar-refractivity contribution in [3.05, 3.63) is 14.9 Å². The Balaban J connectivity index is 3.08. The van der Waals surface area contributed by atoms with E-state index in [1.807, 2.05) is 13.8 Å². The Morgan fingerprint density at radius 3 is 2.32 bits per heavy atom. The van der Waals surface area contributed by atoms with Crippen LogP contribution < -0.4 is 0 Å². The maximum absolute atomic E-state index is 12.0. The van der Waals surface area contributed by atoms with Crippen molar-refractivity contribution >= 4 is 24.3 Å². The summed E-state index contributed by atoms with van der Waals surface area (Å²) in [5, 5.41) is 0.